The maximum Gasteiger partial charge on any atom is 0.224 e. The number of piperidine rings is 1. The Morgan fingerprint density at radius 3 is 2.40 bits per heavy atom. The molecule has 0 saturated carbocycles. The minimum absolute atomic E-state index is 0. The molecule has 1 fully saturated rings. The molecule has 0 atom stereocenters. The van der Waals surface area contributed by atoms with Crippen LogP contribution in [0.4, 0.5) is 5.69 Å². The van der Waals surface area contributed by atoms with Crippen molar-refractivity contribution in [3.63, 3.8) is 0 Å². The van der Waals surface area contributed by atoms with Gasteiger partial charge in [-0.25, -0.2) is 0 Å². The third-order valence-corrected chi connectivity index (χ3v) is 4.97. The van der Waals surface area contributed by atoms with Gasteiger partial charge in [-0.3, -0.25) is 9.59 Å². The maximum atomic E-state index is 12.2. The van der Waals surface area contributed by atoms with Gasteiger partial charge in [0, 0.05) is 24.6 Å². The average molecular weight is 432 g/mol. The molecule has 2 aromatic rings. The zero-order valence-corrected chi connectivity index (χ0v) is 17.9. The van der Waals surface area contributed by atoms with Crippen LogP contribution in [-0.4, -0.2) is 31.5 Å². The normalized spacial score (nSPS) is 13.7. The molecule has 3 rings (SSSR count). The fourth-order valence-corrected chi connectivity index (χ4v) is 3.29. The van der Waals surface area contributed by atoms with E-state index in [9.17, 15) is 9.59 Å². The Morgan fingerprint density at radius 1 is 1.00 bits per heavy atom. The number of carbonyl (C=O) groups excluding carboxylic acids is 2. The Hall–Kier alpha value is -2.57. The summed E-state index contributed by atoms with van der Waals surface area (Å²) in [7, 11) is 0. The molecule has 1 heterocycles. The molecule has 30 heavy (non-hydrogen) atoms. The van der Waals surface area contributed by atoms with E-state index in [4.69, 9.17) is 4.74 Å². The summed E-state index contributed by atoms with van der Waals surface area (Å²) in [5.74, 6) is 1.02. The van der Waals surface area contributed by atoms with E-state index in [1.54, 1.807) is 0 Å². The van der Waals surface area contributed by atoms with Crippen LogP contribution >= 0.6 is 12.4 Å². The van der Waals surface area contributed by atoms with Crippen LogP contribution in [0.1, 0.15) is 31.2 Å². The summed E-state index contributed by atoms with van der Waals surface area (Å²) in [6.45, 7) is 2.83. The van der Waals surface area contributed by atoms with Gasteiger partial charge in [-0.1, -0.05) is 30.3 Å². The van der Waals surface area contributed by atoms with Crippen LogP contribution < -0.4 is 20.7 Å². The van der Waals surface area contributed by atoms with E-state index >= 15 is 0 Å². The molecule has 162 valence electrons. The van der Waals surface area contributed by atoms with Crippen molar-refractivity contribution in [1.82, 2.24) is 10.6 Å². The summed E-state index contributed by atoms with van der Waals surface area (Å²) in [6.07, 6.45) is 2.85. The Labute approximate surface area is 184 Å². The summed E-state index contributed by atoms with van der Waals surface area (Å²) >= 11 is 0. The highest BCUT2D eigenvalue weighted by Gasteiger charge is 2.20. The minimum Gasteiger partial charge on any atom is -0.494 e. The van der Waals surface area contributed by atoms with E-state index in [1.807, 2.05) is 54.6 Å². The van der Waals surface area contributed by atoms with Gasteiger partial charge in [-0.2, -0.15) is 0 Å². The van der Waals surface area contributed by atoms with E-state index < -0.39 is 0 Å². The Kier molecular flexibility index (Phi) is 10.2. The number of anilines is 1. The molecule has 0 aromatic heterocycles. The van der Waals surface area contributed by atoms with Crippen LogP contribution in [0.15, 0.2) is 54.6 Å². The van der Waals surface area contributed by atoms with E-state index in [2.05, 4.69) is 16.0 Å². The van der Waals surface area contributed by atoms with Crippen LogP contribution in [0.2, 0.25) is 0 Å². The number of ether oxygens (including phenoxy) is 1. The van der Waals surface area contributed by atoms with Gasteiger partial charge in [-0.15, -0.1) is 12.4 Å². The van der Waals surface area contributed by atoms with E-state index in [1.165, 1.54) is 0 Å². The fourth-order valence-electron chi connectivity index (χ4n) is 3.29. The third-order valence-electron chi connectivity index (χ3n) is 4.97. The Balaban J connectivity index is 0.00000320. The van der Waals surface area contributed by atoms with Gasteiger partial charge in [0.05, 0.1) is 6.61 Å². The van der Waals surface area contributed by atoms with Gasteiger partial charge >= 0.3 is 0 Å². The summed E-state index contributed by atoms with van der Waals surface area (Å²) in [5, 5.41) is 9.17. The second-order valence-electron chi connectivity index (χ2n) is 7.25. The highest BCUT2D eigenvalue weighted by atomic mass is 35.5. The molecule has 0 radical (unpaired) electrons. The first-order chi connectivity index (χ1) is 14.2. The smallest absolute Gasteiger partial charge is 0.224 e. The van der Waals surface area contributed by atoms with Crippen molar-refractivity contribution < 1.29 is 14.3 Å². The fraction of sp³-hybridized carbons (Fsp3) is 0.391. The van der Waals surface area contributed by atoms with Crippen LogP contribution in [-0.2, 0) is 16.1 Å². The summed E-state index contributed by atoms with van der Waals surface area (Å²) in [6, 6.07) is 17.2. The number of rotatable bonds is 9. The molecule has 1 aliphatic rings. The van der Waals surface area contributed by atoms with Crippen molar-refractivity contribution in [2.45, 2.75) is 32.2 Å². The van der Waals surface area contributed by atoms with Crippen LogP contribution in [0.5, 0.6) is 5.75 Å². The summed E-state index contributed by atoms with van der Waals surface area (Å²) < 4.78 is 5.59. The highest BCUT2D eigenvalue weighted by Crippen LogP contribution is 2.14. The molecular weight excluding hydrogens is 402 g/mol. The summed E-state index contributed by atoms with van der Waals surface area (Å²) in [4.78, 5) is 24.3. The number of hydrogen-bond acceptors (Lipinski definition) is 4. The highest BCUT2D eigenvalue weighted by molar-refractivity contribution is 5.90. The molecular formula is C23H30ClN3O3. The van der Waals surface area contributed by atoms with Gasteiger partial charge < -0.3 is 20.7 Å². The van der Waals surface area contributed by atoms with Gasteiger partial charge in [-0.05, 0) is 62.2 Å². The third kappa shape index (κ3) is 8.05. The van der Waals surface area contributed by atoms with E-state index in [0.29, 0.717) is 26.0 Å². The number of para-hydroxylation sites is 1. The minimum atomic E-state index is -0.0337. The number of halogens is 1. The van der Waals surface area contributed by atoms with Gasteiger partial charge in [0.15, 0.2) is 0 Å². The lowest BCUT2D eigenvalue weighted by atomic mass is 9.97. The number of nitrogens with one attached hydrogen (secondary N) is 3. The molecule has 3 N–H and O–H groups in total. The largest absolute Gasteiger partial charge is 0.494 e. The molecule has 0 spiro atoms. The van der Waals surface area contributed by atoms with Crippen molar-refractivity contribution in [1.29, 1.82) is 0 Å². The summed E-state index contributed by atoms with van der Waals surface area (Å²) in [5.41, 5.74) is 1.77. The number of carbonyl (C=O) groups is 2. The predicted molar refractivity (Wildman–Crippen MR) is 121 cm³/mol. The number of hydrogen-bond donors (Lipinski definition) is 3. The van der Waals surface area contributed by atoms with Gasteiger partial charge in [0.2, 0.25) is 11.8 Å². The van der Waals surface area contributed by atoms with Crippen molar-refractivity contribution in [3.05, 3.63) is 60.2 Å². The molecule has 7 heteroatoms. The topological polar surface area (TPSA) is 79.5 Å². The zero-order chi connectivity index (χ0) is 20.3. The van der Waals surface area contributed by atoms with Crippen molar-refractivity contribution in [2.75, 3.05) is 25.0 Å². The van der Waals surface area contributed by atoms with Crippen LogP contribution in [0.3, 0.4) is 0 Å². The molecule has 0 aliphatic carbocycles. The predicted octanol–water partition coefficient (Wildman–Crippen LogP) is 3.52. The Bertz CT molecular complexity index is 778. The number of amides is 2. The lowest BCUT2D eigenvalue weighted by Gasteiger charge is -2.21. The van der Waals surface area contributed by atoms with E-state index in [-0.39, 0.29) is 30.1 Å². The lowest BCUT2D eigenvalue weighted by molar-refractivity contribution is -0.125. The molecule has 0 bridgehead atoms. The zero-order valence-electron chi connectivity index (χ0n) is 17.1. The van der Waals surface area contributed by atoms with Crippen LogP contribution in [0.25, 0.3) is 0 Å². The average Bonchev–Trinajstić information content (AvgIpc) is 2.77. The molecule has 6 nitrogen and oxygen atoms in total. The molecule has 0 unspecified atom stereocenters. The molecule has 2 aromatic carbocycles. The van der Waals surface area contributed by atoms with Crippen molar-refractivity contribution in [2.24, 2.45) is 5.92 Å². The molecule has 1 aliphatic heterocycles. The first-order valence-corrected chi connectivity index (χ1v) is 10.3. The second kappa shape index (κ2) is 12.9. The van der Waals surface area contributed by atoms with Crippen molar-refractivity contribution >= 4 is 29.9 Å². The van der Waals surface area contributed by atoms with Crippen LogP contribution in [0, 0.1) is 5.92 Å². The number of benzene rings is 2. The maximum absolute atomic E-state index is 12.2. The van der Waals surface area contributed by atoms with Gasteiger partial charge in [0.25, 0.3) is 0 Å². The van der Waals surface area contributed by atoms with E-state index in [0.717, 1.165) is 42.9 Å². The first kappa shape index (κ1) is 23.7. The SMILES string of the molecule is Cl.O=C(CCCOc1ccccc1)Nc1ccc(CNC(=O)C2CCNCC2)cc1. The van der Waals surface area contributed by atoms with Gasteiger partial charge in [0.1, 0.15) is 5.75 Å². The standard InChI is InChI=1S/C23H29N3O3.ClH/c27-22(7-4-16-29-21-5-2-1-3-6-21)26-20-10-8-18(9-11-20)17-25-23(28)19-12-14-24-15-13-19;/h1-3,5-6,8-11,19,24H,4,7,12-17H2,(H,25,28)(H,26,27);1H. The molecule has 2 amide bonds. The monoisotopic (exact) mass is 431 g/mol. The lowest BCUT2D eigenvalue weighted by Crippen LogP contribution is -2.37. The first-order valence-electron chi connectivity index (χ1n) is 10.3. The quantitative estimate of drug-likeness (QED) is 0.531. The Morgan fingerprint density at radius 2 is 1.70 bits per heavy atom. The molecule has 1 saturated heterocycles. The van der Waals surface area contributed by atoms with Crippen molar-refractivity contribution in [3.8, 4) is 5.75 Å². The second-order valence-corrected chi connectivity index (χ2v) is 7.25.